The number of ether oxygens (including phenoxy) is 1. The van der Waals surface area contributed by atoms with Crippen LogP contribution < -0.4 is 15.4 Å². The Labute approximate surface area is 130 Å². The molecule has 0 aliphatic heterocycles. The molecule has 0 atom stereocenters. The molecule has 1 aromatic carbocycles. The lowest BCUT2D eigenvalue weighted by molar-refractivity contribution is -0.123. The first-order valence-corrected chi connectivity index (χ1v) is 6.76. The Morgan fingerprint density at radius 2 is 2.00 bits per heavy atom. The fourth-order valence-corrected chi connectivity index (χ4v) is 2.79. The molecule has 1 aliphatic rings. The summed E-state index contributed by atoms with van der Waals surface area (Å²) in [4.78, 5) is 14.0. The Morgan fingerprint density at radius 3 is 2.50 bits per heavy atom. The van der Waals surface area contributed by atoms with Crippen molar-refractivity contribution in [3.8, 4) is 5.75 Å². The van der Waals surface area contributed by atoms with E-state index in [0.29, 0.717) is 10.8 Å². The molecule has 2 rings (SSSR count). The Bertz CT molecular complexity index is 488. The van der Waals surface area contributed by atoms with Crippen LogP contribution in [0.5, 0.6) is 5.75 Å². The zero-order valence-corrected chi connectivity index (χ0v) is 13.3. The maximum absolute atomic E-state index is 12.5. The average Bonchev–Trinajstić information content (AvgIpc) is 2.85. The first-order chi connectivity index (χ1) is 8.98. The molecule has 1 aliphatic carbocycles. The zero-order chi connectivity index (χ0) is 14.0. The topological polar surface area (TPSA) is 55.6 Å². The fourth-order valence-electron chi connectivity index (χ4n) is 2.53. The number of halogens is 2. The number of hydrogen-bond acceptors (Lipinski definition) is 3. The van der Waals surface area contributed by atoms with Crippen LogP contribution >= 0.6 is 24.0 Å². The standard InChI is InChI=1S/C14H19ClN2O2.ClH/c1-17(13(18)14(16)7-3-4-8-14)10-5-6-12(19-2)11(15)9-10;/h5-6,9H,3-4,7-8,16H2,1-2H3;1H. The van der Waals surface area contributed by atoms with Gasteiger partial charge in [-0.25, -0.2) is 0 Å². The van der Waals surface area contributed by atoms with E-state index in [1.54, 1.807) is 37.3 Å². The summed E-state index contributed by atoms with van der Waals surface area (Å²) in [7, 11) is 3.29. The van der Waals surface area contributed by atoms with E-state index in [0.717, 1.165) is 31.4 Å². The number of rotatable bonds is 3. The number of nitrogens with two attached hydrogens (primary N) is 1. The summed E-state index contributed by atoms with van der Waals surface area (Å²) in [5.41, 5.74) is 6.19. The summed E-state index contributed by atoms with van der Waals surface area (Å²) in [6.45, 7) is 0. The number of carbonyl (C=O) groups is 1. The Morgan fingerprint density at radius 1 is 1.40 bits per heavy atom. The van der Waals surface area contributed by atoms with Crippen molar-refractivity contribution in [3.63, 3.8) is 0 Å². The molecule has 0 bridgehead atoms. The van der Waals surface area contributed by atoms with E-state index in [1.165, 1.54) is 0 Å². The predicted molar refractivity (Wildman–Crippen MR) is 84.0 cm³/mol. The van der Waals surface area contributed by atoms with Crippen LogP contribution in [0.15, 0.2) is 18.2 Å². The van der Waals surface area contributed by atoms with Gasteiger partial charge >= 0.3 is 0 Å². The van der Waals surface area contributed by atoms with Crippen LogP contribution in [0.25, 0.3) is 0 Å². The monoisotopic (exact) mass is 318 g/mol. The van der Waals surface area contributed by atoms with Gasteiger partial charge in [0.2, 0.25) is 5.91 Å². The lowest BCUT2D eigenvalue weighted by Gasteiger charge is -2.29. The maximum atomic E-state index is 12.5. The lowest BCUT2D eigenvalue weighted by atomic mass is 9.97. The van der Waals surface area contributed by atoms with Crippen molar-refractivity contribution < 1.29 is 9.53 Å². The van der Waals surface area contributed by atoms with Crippen LogP contribution in [-0.2, 0) is 4.79 Å². The Kier molecular flexibility index (Phi) is 5.68. The van der Waals surface area contributed by atoms with E-state index in [1.807, 2.05) is 0 Å². The quantitative estimate of drug-likeness (QED) is 0.932. The zero-order valence-electron chi connectivity index (χ0n) is 11.7. The molecule has 0 aromatic heterocycles. The van der Waals surface area contributed by atoms with E-state index in [2.05, 4.69) is 0 Å². The molecule has 1 saturated carbocycles. The minimum atomic E-state index is -0.721. The number of likely N-dealkylation sites (N-methyl/N-ethyl adjacent to an activating group) is 1. The molecule has 0 radical (unpaired) electrons. The van der Waals surface area contributed by atoms with Gasteiger partial charge in [0.15, 0.2) is 0 Å². The second-order valence-corrected chi connectivity index (χ2v) is 5.45. The van der Waals surface area contributed by atoms with Crippen molar-refractivity contribution in [2.75, 3.05) is 19.1 Å². The van der Waals surface area contributed by atoms with Crippen molar-refractivity contribution in [2.24, 2.45) is 5.73 Å². The molecule has 20 heavy (non-hydrogen) atoms. The minimum Gasteiger partial charge on any atom is -0.495 e. The molecule has 1 aromatic rings. The van der Waals surface area contributed by atoms with Crippen molar-refractivity contribution in [1.82, 2.24) is 0 Å². The Balaban J connectivity index is 0.00000200. The molecular weight excluding hydrogens is 299 g/mol. The van der Waals surface area contributed by atoms with Crippen LogP contribution in [0.2, 0.25) is 5.02 Å². The van der Waals surface area contributed by atoms with Crippen molar-refractivity contribution in [3.05, 3.63) is 23.2 Å². The molecule has 0 saturated heterocycles. The van der Waals surface area contributed by atoms with Crippen LogP contribution in [0.3, 0.4) is 0 Å². The summed E-state index contributed by atoms with van der Waals surface area (Å²) >= 11 is 6.08. The number of anilines is 1. The summed E-state index contributed by atoms with van der Waals surface area (Å²) in [5.74, 6) is 0.542. The molecule has 0 heterocycles. The molecule has 0 spiro atoms. The van der Waals surface area contributed by atoms with E-state index < -0.39 is 5.54 Å². The van der Waals surface area contributed by atoms with E-state index >= 15 is 0 Å². The van der Waals surface area contributed by atoms with Gasteiger partial charge in [0.25, 0.3) is 0 Å². The number of hydrogen-bond donors (Lipinski definition) is 1. The number of amides is 1. The predicted octanol–water partition coefficient (Wildman–Crippen LogP) is 3.00. The largest absolute Gasteiger partial charge is 0.495 e. The first kappa shape index (κ1) is 17.1. The number of carbonyl (C=O) groups excluding carboxylic acids is 1. The number of nitrogens with zero attached hydrogens (tertiary/aromatic N) is 1. The second kappa shape index (κ2) is 6.66. The highest BCUT2D eigenvalue weighted by molar-refractivity contribution is 6.32. The van der Waals surface area contributed by atoms with Crippen LogP contribution in [0.4, 0.5) is 5.69 Å². The van der Waals surface area contributed by atoms with E-state index in [-0.39, 0.29) is 18.3 Å². The van der Waals surface area contributed by atoms with Crippen LogP contribution in [0, 0.1) is 0 Å². The highest BCUT2D eigenvalue weighted by atomic mass is 35.5. The third-order valence-electron chi connectivity index (χ3n) is 3.75. The van der Waals surface area contributed by atoms with Crippen LogP contribution in [-0.4, -0.2) is 25.6 Å². The fraction of sp³-hybridized carbons (Fsp3) is 0.500. The third kappa shape index (κ3) is 3.19. The van der Waals surface area contributed by atoms with E-state index in [4.69, 9.17) is 22.1 Å². The smallest absolute Gasteiger partial charge is 0.246 e. The van der Waals surface area contributed by atoms with Gasteiger partial charge in [-0.3, -0.25) is 4.79 Å². The minimum absolute atomic E-state index is 0. The van der Waals surface area contributed by atoms with Gasteiger partial charge in [0.05, 0.1) is 17.7 Å². The normalized spacial score (nSPS) is 16.4. The summed E-state index contributed by atoms with van der Waals surface area (Å²) in [6, 6.07) is 5.27. The molecule has 1 amide bonds. The maximum Gasteiger partial charge on any atom is 0.246 e. The average molecular weight is 319 g/mol. The molecule has 0 unspecified atom stereocenters. The SMILES string of the molecule is COc1ccc(N(C)C(=O)C2(N)CCCC2)cc1Cl.Cl. The highest BCUT2D eigenvalue weighted by Gasteiger charge is 2.39. The Hall–Kier alpha value is -0.970. The summed E-state index contributed by atoms with van der Waals surface area (Å²) in [6.07, 6.45) is 3.53. The highest BCUT2D eigenvalue weighted by Crippen LogP contribution is 2.33. The van der Waals surface area contributed by atoms with E-state index in [9.17, 15) is 4.79 Å². The van der Waals surface area contributed by atoms with Crippen molar-refractivity contribution in [1.29, 1.82) is 0 Å². The van der Waals surface area contributed by atoms with Gasteiger partial charge in [-0.15, -0.1) is 12.4 Å². The molecule has 1 fully saturated rings. The van der Waals surface area contributed by atoms with Crippen LogP contribution in [0.1, 0.15) is 25.7 Å². The lowest BCUT2D eigenvalue weighted by Crippen LogP contribution is -2.52. The molecule has 112 valence electrons. The molecule has 2 N–H and O–H groups in total. The third-order valence-corrected chi connectivity index (χ3v) is 4.04. The second-order valence-electron chi connectivity index (χ2n) is 5.05. The first-order valence-electron chi connectivity index (χ1n) is 6.38. The van der Waals surface area contributed by atoms with Gasteiger partial charge in [-0.05, 0) is 31.0 Å². The molecule has 6 heteroatoms. The molecular formula is C14H20Cl2N2O2. The number of benzene rings is 1. The van der Waals surface area contributed by atoms with Gasteiger partial charge in [-0.1, -0.05) is 24.4 Å². The van der Waals surface area contributed by atoms with Gasteiger partial charge in [0.1, 0.15) is 5.75 Å². The number of methoxy groups -OCH3 is 1. The van der Waals surface area contributed by atoms with Gasteiger partial charge in [0, 0.05) is 12.7 Å². The van der Waals surface area contributed by atoms with Gasteiger partial charge in [-0.2, -0.15) is 0 Å². The summed E-state index contributed by atoms with van der Waals surface area (Å²) < 4.78 is 5.10. The van der Waals surface area contributed by atoms with Gasteiger partial charge < -0.3 is 15.4 Å². The van der Waals surface area contributed by atoms with Crippen molar-refractivity contribution >= 4 is 35.6 Å². The molecule has 4 nitrogen and oxygen atoms in total. The van der Waals surface area contributed by atoms with Crippen molar-refractivity contribution in [2.45, 2.75) is 31.2 Å². The summed E-state index contributed by atoms with van der Waals surface area (Å²) in [5, 5.41) is 0.483.